The molecule has 1 aromatic heterocycles. The summed E-state index contributed by atoms with van der Waals surface area (Å²) in [6.07, 6.45) is 7.88. The smallest absolute Gasteiger partial charge is 0.246 e. The van der Waals surface area contributed by atoms with Crippen LogP contribution < -0.4 is 64.2 Å². The van der Waals surface area contributed by atoms with E-state index in [-0.39, 0.29) is 75.4 Å². The van der Waals surface area contributed by atoms with Crippen molar-refractivity contribution in [3.8, 4) is 5.75 Å². The number of ketones is 1. The molecule has 12 amide bonds. The first-order valence-electron chi connectivity index (χ1n) is 37.5. The highest BCUT2D eigenvalue weighted by Crippen LogP contribution is 2.26. The zero-order chi connectivity index (χ0) is 80.0. The Morgan fingerprint density at radius 1 is 0.611 bits per heavy atom. The van der Waals surface area contributed by atoms with Crippen LogP contribution in [0.15, 0.2) is 97.2 Å². The first kappa shape index (κ1) is 88.6. The highest BCUT2D eigenvalue weighted by molar-refractivity contribution is 6.01. The third-order valence-corrected chi connectivity index (χ3v) is 19.3. The number of primary amides is 1. The van der Waals surface area contributed by atoms with Gasteiger partial charge in [-0.05, 0) is 146 Å². The Hall–Kier alpha value is -10.0. The third-order valence-electron chi connectivity index (χ3n) is 19.3. The van der Waals surface area contributed by atoms with Crippen molar-refractivity contribution in [3.63, 3.8) is 0 Å². The molecule has 29 nitrogen and oxygen atoms in total. The zero-order valence-corrected chi connectivity index (χ0v) is 64.2. The molecule has 17 N–H and O–H groups in total. The predicted molar refractivity (Wildman–Crippen MR) is 407 cm³/mol. The van der Waals surface area contributed by atoms with Gasteiger partial charge < -0.3 is 84.5 Å². The SMILES string of the molecule is CC(=O)N[C@@H](CC(C)C)C(=O)N[C@H](C(=O)N[C@@H](Cc1ccccc1)C(=O)N[C@]1(C)CCCCCC/C=C\CCC[C@@](C)(C(=O)NC(CO)C(=O)N[C@@H](C)C(=O)NC(C)C(N)=O)NC(=O)[C@H](CCC(C)C)CCC(=O)[C@H](Cc2c[nH]c3ccccc23)NC(=O)[C@H](Cc2ccc(O)cc2)NC(=O)C(C)NC1=O)[C@@H](C)O. The lowest BCUT2D eigenvalue weighted by atomic mass is 9.87. The van der Waals surface area contributed by atoms with E-state index < -0.39 is 161 Å². The molecule has 0 saturated heterocycles. The number of Topliss-reactive ketones (excluding diaryl/α,β-unsaturated/α-hetero) is 1. The van der Waals surface area contributed by atoms with E-state index in [1.165, 1.54) is 60.6 Å². The summed E-state index contributed by atoms with van der Waals surface area (Å²) >= 11 is 0. The number of phenols is 1. The molecule has 3 unspecified atom stereocenters. The van der Waals surface area contributed by atoms with Gasteiger partial charge in [0.15, 0.2) is 5.78 Å². The second-order valence-electron chi connectivity index (χ2n) is 29.8. The number of hydrogen-bond acceptors (Lipinski definition) is 16. The Labute approximate surface area is 632 Å². The van der Waals surface area contributed by atoms with Crippen molar-refractivity contribution in [2.75, 3.05) is 6.61 Å². The lowest BCUT2D eigenvalue weighted by molar-refractivity contribution is -0.138. The molecule has 0 fully saturated rings. The van der Waals surface area contributed by atoms with Crippen molar-refractivity contribution >= 4 is 87.6 Å². The van der Waals surface area contributed by atoms with Crippen LogP contribution in [-0.4, -0.2) is 175 Å². The van der Waals surface area contributed by atoms with Crippen LogP contribution in [-0.2, 0) is 81.6 Å². The quantitative estimate of drug-likeness (QED) is 0.0380. The van der Waals surface area contributed by atoms with Crippen LogP contribution in [0, 0.1) is 17.8 Å². The van der Waals surface area contributed by atoms with Gasteiger partial charge in [0.1, 0.15) is 65.2 Å². The monoisotopic (exact) mass is 1500 g/mol. The lowest BCUT2D eigenvalue weighted by Crippen LogP contribution is -2.64. The molecule has 5 rings (SSSR count). The number of aliphatic hydroxyl groups is 2. The molecule has 0 radical (unpaired) electrons. The number of para-hydroxylation sites is 1. The van der Waals surface area contributed by atoms with Crippen LogP contribution in [0.5, 0.6) is 5.75 Å². The van der Waals surface area contributed by atoms with Crippen LogP contribution in [0.1, 0.15) is 183 Å². The van der Waals surface area contributed by atoms with Crippen LogP contribution in [0.3, 0.4) is 0 Å². The van der Waals surface area contributed by atoms with Gasteiger partial charge in [0, 0.05) is 55.6 Å². The van der Waals surface area contributed by atoms with Gasteiger partial charge in [0.05, 0.1) is 18.8 Å². The number of carbonyl (C=O) groups excluding carboxylic acids is 13. The van der Waals surface area contributed by atoms with Gasteiger partial charge in [-0.1, -0.05) is 126 Å². The summed E-state index contributed by atoms with van der Waals surface area (Å²) in [5.74, 6) is -11.0. The average Bonchev–Trinajstić information content (AvgIpc) is 1.80. The maximum absolute atomic E-state index is 15.2. The average molecular weight is 1500 g/mol. The van der Waals surface area contributed by atoms with Gasteiger partial charge in [-0.3, -0.25) is 62.3 Å². The summed E-state index contributed by atoms with van der Waals surface area (Å²) in [7, 11) is 0. The molecule has 0 aliphatic carbocycles. The Balaban J connectivity index is 1.55. The minimum absolute atomic E-state index is 0.00959. The molecule has 13 atom stereocenters. The summed E-state index contributed by atoms with van der Waals surface area (Å²) < 4.78 is 0. The second-order valence-corrected chi connectivity index (χ2v) is 29.8. The maximum atomic E-state index is 15.2. The number of fused-ring (bicyclic) bond motifs is 1. The summed E-state index contributed by atoms with van der Waals surface area (Å²) in [5.41, 5.74) is 4.19. The molecule has 3 aromatic carbocycles. The van der Waals surface area contributed by atoms with Gasteiger partial charge in [0.2, 0.25) is 70.9 Å². The maximum Gasteiger partial charge on any atom is 0.246 e. The topological polar surface area (TPSA) is 457 Å². The highest BCUT2D eigenvalue weighted by Gasteiger charge is 2.42. The number of carbonyl (C=O) groups is 13. The van der Waals surface area contributed by atoms with E-state index in [2.05, 4.69) is 63.5 Å². The van der Waals surface area contributed by atoms with Crippen LogP contribution >= 0.6 is 0 Å². The van der Waals surface area contributed by atoms with Gasteiger partial charge >= 0.3 is 0 Å². The van der Waals surface area contributed by atoms with Crippen LogP contribution in [0.25, 0.3) is 10.9 Å². The molecule has 0 bridgehead atoms. The highest BCUT2D eigenvalue weighted by atomic mass is 16.3. The molecular formula is C79H115N13O16. The fourth-order valence-corrected chi connectivity index (χ4v) is 12.6. The van der Waals surface area contributed by atoms with E-state index in [1.54, 1.807) is 48.7 Å². The summed E-state index contributed by atoms with van der Waals surface area (Å²) in [6.45, 7) is 16.2. The van der Waals surface area contributed by atoms with E-state index in [4.69, 9.17) is 5.73 Å². The molecule has 4 aromatic rings. The fraction of sp³-hybridized carbons (Fsp3) is 0.557. The molecule has 108 heavy (non-hydrogen) atoms. The Bertz CT molecular complexity index is 3750. The summed E-state index contributed by atoms with van der Waals surface area (Å²) in [4.78, 5) is 186. The van der Waals surface area contributed by atoms with Gasteiger partial charge in [0.25, 0.3) is 0 Å². The first-order chi connectivity index (χ1) is 51.0. The van der Waals surface area contributed by atoms with E-state index in [9.17, 15) is 58.5 Å². The predicted octanol–water partition coefficient (Wildman–Crippen LogP) is 3.48. The van der Waals surface area contributed by atoms with Gasteiger partial charge in [-0.2, -0.15) is 0 Å². The van der Waals surface area contributed by atoms with E-state index in [0.29, 0.717) is 68.1 Å². The second kappa shape index (κ2) is 43.1. The molecule has 0 saturated carbocycles. The number of allylic oxidation sites excluding steroid dienone is 2. The van der Waals surface area contributed by atoms with Gasteiger partial charge in [-0.15, -0.1) is 0 Å². The minimum atomic E-state index is -1.82. The molecular weight excluding hydrogens is 1390 g/mol. The largest absolute Gasteiger partial charge is 0.508 e. The zero-order valence-electron chi connectivity index (χ0n) is 64.2. The normalized spacial score (nSPS) is 22.2. The number of aromatic amines is 1. The van der Waals surface area contributed by atoms with Crippen LogP contribution in [0.2, 0.25) is 0 Å². The first-order valence-corrected chi connectivity index (χ1v) is 37.5. The molecule has 592 valence electrons. The van der Waals surface area contributed by atoms with Crippen molar-refractivity contribution in [1.29, 1.82) is 0 Å². The number of aliphatic hydroxyl groups excluding tert-OH is 2. The van der Waals surface area contributed by atoms with Crippen molar-refractivity contribution in [3.05, 3.63) is 114 Å². The number of aromatic nitrogens is 1. The van der Waals surface area contributed by atoms with Crippen molar-refractivity contribution in [1.82, 2.24) is 63.5 Å². The minimum Gasteiger partial charge on any atom is -0.508 e. The molecule has 29 heteroatoms. The standard InChI is InChI=1S/C79H115N13O16/c1-46(2)30-33-55-34-37-65(97)60(43-56-44-81-59-29-23-22-28-58(56)59)86-71(102)62(42-54-31-35-57(96)36-32-54)87-69(100)50(7)84-76(107)78(10,92-74(105)63(41-53-26-20-19-21-27-53)88-75(106)66(51(8)94)90-72(103)61(40-47(3)4)85-52(9)95)38-24-17-15-13-12-14-16-18-25-39-79(11,91-70(55)101)77(108)89-64(45-93)73(104)83-49(6)68(99)82-48(5)67(80)98/h14,16,19-23,26-29,31-32,35-36,44,46-51,55,60-64,66,81,93-94,96H,12-13,15,17-18,24-25,30,33-34,37-43,45H2,1-11H3,(H2,80,98)(H,82,99)(H,83,104)(H,84,107)(H,85,95)(H,86,102)(H,87,100)(H,88,106)(H,89,108)(H,90,103)(H,91,101)(H,92,105)/b16-14-/t48?,49-,50?,51+,55+,60-,61-,62-,63-,64?,66-,78+,79-/m0/s1. The number of nitrogens with two attached hydrogens (primary N) is 1. The number of aromatic hydroxyl groups is 1. The van der Waals surface area contributed by atoms with Gasteiger partial charge in [-0.25, -0.2) is 0 Å². The summed E-state index contributed by atoms with van der Waals surface area (Å²) in [6, 6.07) is 9.62. The third kappa shape index (κ3) is 28.6. The number of amides is 12. The molecule has 1 aliphatic heterocycles. The fourth-order valence-electron chi connectivity index (χ4n) is 12.6. The number of hydrogen-bond donors (Lipinski definition) is 16. The Morgan fingerprint density at radius 2 is 1.24 bits per heavy atom. The van der Waals surface area contributed by atoms with Crippen molar-refractivity contribution < 1.29 is 77.6 Å². The van der Waals surface area contributed by atoms with Crippen LogP contribution in [0.4, 0.5) is 0 Å². The molecule has 0 spiro atoms. The van der Waals surface area contributed by atoms with Crippen molar-refractivity contribution in [2.24, 2.45) is 23.5 Å². The van der Waals surface area contributed by atoms with Crippen molar-refractivity contribution in [2.45, 2.75) is 257 Å². The van der Waals surface area contributed by atoms with E-state index in [1.807, 2.05) is 64.1 Å². The molecule has 1 aliphatic rings. The van der Waals surface area contributed by atoms with E-state index in [0.717, 1.165) is 10.9 Å². The number of rotatable bonds is 27. The number of phenolic OH excluding ortho intramolecular Hbond substituents is 1. The molecule has 2 heterocycles. The Morgan fingerprint density at radius 3 is 1.88 bits per heavy atom. The van der Waals surface area contributed by atoms with E-state index >= 15 is 19.2 Å². The summed E-state index contributed by atoms with van der Waals surface area (Å²) in [5, 5.41) is 62.0. The number of benzene rings is 3. The lowest BCUT2D eigenvalue weighted by Gasteiger charge is -2.33. The number of nitrogens with one attached hydrogen (secondary N) is 12. The number of H-pyrrole nitrogens is 1. The Kier molecular flexibility index (Phi) is 35.3.